The van der Waals surface area contributed by atoms with Crippen molar-refractivity contribution in [1.82, 2.24) is 0 Å². The molecule has 8 heteroatoms. The molecule has 0 bridgehead atoms. The molecule has 158 valence electrons. The highest BCUT2D eigenvalue weighted by Crippen LogP contribution is 2.45. The number of hydrogen-bond acceptors (Lipinski definition) is 3. The molecule has 0 aromatic heterocycles. The van der Waals surface area contributed by atoms with Crippen molar-refractivity contribution >= 4 is 15.2 Å². The minimum atomic E-state index is -3.81. The maximum absolute atomic E-state index is 11.4. The zero-order valence-corrected chi connectivity index (χ0v) is 18.6. The van der Waals surface area contributed by atoms with E-state index >= 15 is 0 Å². The van der Waals surface area contributed by atoms with E-state index in [1.165, 1.54) is 32.1 Å². The largest absolute Gasteiger partial charge is 0.328 e. The summed E-state index contributed by atoms with van der Waals surface area (Å²) >= 11 is 0. The molecule has 6 nitrogen and oxygen atoms in total. The van der Waals surface area contributed by atoms with Crippen molar-refractivity contribution in [3.8, 4) is 0 Å². The van der Waals surface area contributed by atoms with Crippen LogP contribution < -0.4 is 0 Å². The van der Waals surface area contributed by atoms with Crippen LogP contribution in [0.1, 0.15) is 91.4 Å². The summed E-state index contributed by atoms with van der Waals surface area (Å²) in [7, 11) is -7.07. The van der Waals surface area contributed by atoms with Gasteiger partial charge in [0.25, 0.3) is 0 Å². The molecule has 2 unspecified atom stereocenters. The average Bonchev–Trinajstić information content (AvgIpc) is 2.55. The van der Waals surface area contributed by atoms with Gasteiger partial charge in [-0.2, -0.15) is 0 Å². The molecular weight excluding hydrogens is 374 g/mol. The zero-order valence-electron chi connectivity index (χ0n) is 16.8. The second kappa shape index (κ2) is 14.3. The zero-order chi connectivity index (χ0) is 20.1. The Kier molecular flexibility index (Phi) is 14.5. The van der Waals surface area contributed by atoms with Crippen LogP contribution >= 0.6 is 15.2 Å². The fourth-order valence-electron chi connectivity index (χ4n) is 3.23. The van der Waals surface area contributed by atoms with Gasteiger partial charge in [-0.25, -0.2) is 0 Å². The van der Waals surface area contributed by atoms with Gasteiger partial charge in [0, 0.05) is 6.16 Å². The first-order chi connectivity index (χ1) is 12.2. The summed E-state index contributed by atoms with van der Waals surface area (Å²) in [5, 5.41) is 0. The van der Waals surface area contributed by atoms with Gasteiger partial charge in [0.15, 0.2) is 0 Å². The Balaban J connectivity index is 0.000000508. The van der Waals surface area contributed by atoms with E-state index in [0.29, 0.717) is 25.9 Å². The third-order valence-corrected chi connectivity index (χ3v) is 8.06. The molecule has 0 saturated heterocycles. The third-order valence-electron chi connectivity index (χ3n) is 4.89. The van der Waals surface area contributed by atoms with Gasteiger partial charge in [-0.3, -0.25) is 9.13 Å². The Morgan fingerprint density at radius 3 is 2.08 bits per heavy atom. The van der Waals surface area contributed by atoms with Crippen molar-refractivity contribution in [1.29, 1.82) is 0 Å². The molecule has 1 aliphatic carbocycles. The standard InChI is InChI=1S/C11H23O3P.C7H17O3P/c1-2-10-15(12,13)14-9-8-11-6-4-3-5-7-11;1-3-5-6-7(4-2)11(8,9)10/h11H,2-10H2,1H3,(H,12,13);7H,3-6H2,1-2H3,(H2,8,9,10). The van der Waals surface area contributed by atoms with Crippen molar-refractivity contribution in [2.75, 3.05) is 12.8 Å². The molecule has 1 fully saturated rings. The maximum Gasteiger partial charge on any atom is 0.328 e. The summed E-state index contributed by atoms with van der Waals surface area (Å²) < 4.78 is 27.2. The van der Waals surface area contributed by atoms with Crippen LogP contribution in [0.5, 0.6) is 0 Å². The first-order valence-corrected chi connectivity index (χ1v) is 13.6. The van der Waals surface area contributed by atoms with Gasteiger partial charge < -0.3 is 19.2 Å². The van der Waals surface area contributed by atoms with E-state index in [-0.39, 0.29) is 6.16 Å². The molecule has 0 heterocycles. The van der Waals surface area contributed by atoms with E-state index in [1.54, 1.807) is 0 Å². The van der Waals surface area contributed by atoms with E-state index in [2.05, 4.69) is 0 Å². The molecule has 1 saturated carbocycles. The number of unbranched alkanes of at least 4 members (excludes halogenated alkanes) is 1. The molecule has 2 atom stereocenters. The lowest BCUT2D eigenvalue weighted by Crippen LogP contribution is -2.09. The predicted octanol–water partition coefficient (Wildman–Crippen LogP) is 5.70. The fraction of sp³-hybridized carbons (Fsp3) is 1.00. The fourth-order valence-corrected chi connectivity index (χ4v) is 5.31. The summed E-state index contributed by atoms with van der Waals surface area (Å²) in [6.45, 7) is 6.19. The maximum atomic E-state index is 11.4. The minimum absolute atomic E-state index is 0.289. The molecule has 0 spiro atoms. The van der Waals surface area contributed by atoms with Crippen LogP contribution in [-0.2, 0) is 13.7 Å². The van der Waals surface area contributed by atoms with Gasteiger partial charge in [-0.15, -0.1) is 0 Å². The summed E-state index contributed by atoms with van der Waals surface area (Å²) in [4.78, 5) is 27.0. The molecule has 0 aromatic rings. The summed E-state index contributed by atoms with van der Waals surface area (Å²) in [5.41, 5.74) is -0.414. The van der Waals surface area contributed by atoms with Gasteiger partial charge in [0.2, 0.25) is 0 Å². The first kappa shape index (κ1) is 26.3. The SMILES string of the molecule is CCCCC(CC)P(=O)(O)O.CCCP(=O)(O)OCCC1CCCCC1. The van der Waals surface area contributed by atoms with Gasteiger partial charge in [-0.05, 0) is 31.6 Å². The third kappa shape index (κ3) is 13.5. The molecule has 0 aromatic carbocycles. The second-order valence-electron chi connectivity index (χ2n) is 7.28. The van der Waals surface area contributed by atoms with Crippen molar-refractivity contribution < 1.29 is 28.3 Å². The first-order valence-electron chi connectivity index (χ1n) is 10.2. The molecule has 3 N–H and O–H groups in total. The topological polar surface area (TPSA) is 104 Å². The smallest absolute Gasteiger partial charge is 0.324 e. The highest BCUT2D eigenvalue weighted by atomic mass is 31.2. The van der Waals surface area contributed by atoms with Crippen molar-refractivity contribution in [3.63, 3.8) is 0 Å². The van der Waals surface area contributed by atoms with Crippen LogP contribution in [0.4, 0.5) is 0 Å². The second-order valence-corrected chi connectivity index (χ2v) is 11.2. The van der Waals surface area contributed by atoms with E-state index < -0.39 is 20.9 Å². The van der Waals surface area contributed by atoms with Crippen LogP contribution in [0.3, 0.4) is 0 Å². The van der Waals surface area contributed by atoms with Gasteiger partial charge in [0.05, 0.1) is 12.3 Å². The lowest BCUT2D eigenvalue weighted by atomic mass is 9.87. The quantitative estimate of drug-likeness (QED) is 0.375. The Morgan fingerprint density at radius 1 is 1.00 bits per heavy atom. The van der Waals surface area contributed by atoms with Crippen LogP contribution in [0.15, 0.2) is 0 Å². The Labute approximate surface area is 159 Å². The predicted molar refractivity (Wildman–Crippen MR) is 108 cm³/mol. The normalized spacial score (nSPS) is 19.3. The van der Waals surface area contributed by atoms with E-state index in [0.717, 1.165) is 25.2 Å². The Morgan fingerprint density at radius 2 is 1.62 bits per heavy atom. The lowest BCUT2D eigenvalue weighted by molar-refractivity contribution is 0.219. The number of rotatable bonds is 11. The molecule has 0 aliphatic heterocycles. The van der Waals surface area contributed by atoms with Gasteiger partial charge >= 0.3 is 15.2 Å². The van der Waals surface area contributed by atoms with Gasteiger partial charge in [-0.1, -0.05) is 65.7 Å². The molecular formula is C18H40O6P2. The number of hydrogen-bond donors (Lipinski definition) is 3. The Bertz CT molecular complexity index is 431. The van der Waals surface area contributed by atoms with Crippen LogP contribution in [0.25, 0.3) is 0 Å². The summed E-state index contributed by atoms with van der Waals surface area (Å²) in [5.74, 6) is 0.723. The van der Waals surface area contributed by atoms with Crippen molar-refractivity contribution in [2.45, 2.75) is 97.1 Å². The lowest BCUT2D eigenvalue weighted by Gasteiger charge is -2.21. The molecule has 0 amide bonds. The van der Waals surface area contributed by atoms with Crippen molar-refractivity contribution in [3.05, 3.63) is 0 Å². The van der Waals surface area contributed by atoms with Gasteiger partial charge in [0.1, 0.15) is 0 Å². The van der Waals surface area contributed by atoms with E-state index in [4.69, 9.17) is 14.3 Å². The summed E-state index contributed by atoms with van der Waals surface area (Å²) in [6.07, 6.45) is 11.6. The highest BCUT2D eigenvalue weighted by Gasteiger charge is 2.25. The summed E-state index contributed by atoms with van der Waals surface area (Å²) in [6, 6.07) is 0. The van der Waals surface area contributed by atoms with E-state index in [9.17, 15) is 14.0 Å². The highest BCUT2D eigenvalue weighted by molar-refractivity contribution is 7.52. The average molecular weight is 414 g/mol. The molecule has 1 aliphatic rings. The van der Waals surface area contributed by atoms with Crippen LogP contribution in [0, 0.1) is 5.92 Å². The van der Waals surface area contributed by atoms with Crippen molar-refractivity contribution in [2.24, 2.45) is 5.92 Å². The van der Waals surface area contributed by atoms with E-state index in [1.807, 2.05) is 20.8 Å². The van der Waals surface area contributed by atoms with Crippen LogP contribution in [-0.4, -0.2) is 33.1 Å². The molecule has 1 rings (SSSR count). The molecule has 26 heavy (non-hydrogen) atoms. The Hall–Kier alpha value is 0.300. The minimum Gasteiger partial charge on any atom is -0.324 e. The monoisotopic (exact) mass is 414 g/mol. The van der Waals surface area contributed by atoms with Crippen LogP contribution in [0.2, 0.25) is 0 Å². The molecule has 0 radical (unpaired) electrons.